The SMILES string of the molecule is C=C/C=C(\C=C/C(C)OCC)c1cccc(SNCC(=O)N(CCC)CCCC(C)CCN)c1. The van der Waals surface area contributed by atoms with Crippen molar-refractivity contribution in [1.29, 1.82) is 0 Å². The Morgan fingerprint density at radius 2 is 2.06 bits per heavy atom. The van der Waals surface area contributed by atoms with Crippen LogP contribution in [0.4, 0.5) is 0 Å². The number of ether oxygens (including phenoxy) is 1. The van der Waals surface area contributed by atoms with Gasteiger partial charge in [-0.05, 0) is 87.2 Å². The molecule has 0 aliphatic rings. The minimum Gasteiger partial charge on any atom is -0.375 e. The van der Waals surface area contributed by atoms with E-state index in [1.165, 1.54) is 11.9 Å². The maximum atomic E-state index is 12.8. The van der Waals surface area contributed by atoms with Crippen molar-refractivity contribution in [2.24, 2.45) is 11.7 Å². The van der Waals surface area contributed by atoms with Gasteiger partial charge in [0.2, 0.25) is 5.91 Å². The number of nitrogens with zero attached hydrogens (tertiary/aromatic N) is 1. The summed E-state index contributed by atoms with van der Waals surface area (Å²) in [6.07, 6.45) is 12.1. The Morgan fingerprint density at radius 1 is 1.26 bits per heavy atom. The van der Waals surface area contributed by atoms with Gasteiger partial charge in [-0.2, -0.15) is 0 Å². The molecule has 0 heterocycles. The minimum atomic E-state index is 0.0541. The smallest absolute Gasteiger partial charge is 0.237 e. The second kappa shape index (κ2) is 18.5. The molecule has 0 bridgehead atoms. The number of nitrogens with two attached hydrogens (primary N) is 1. The number of hydrogen-bond acceptors (Lipinski definition) is 5. The van der Waals surface area contributed by atoms with Crippen LogP contribution in [-0.2, 0) is 9.53 Å². The van der Waals surface area contributed by atoms with E-state index in [2.05, 4.69) is 49.4 Å². The summed E-state index contributed by atoms with van der Waals surface area (Å²) in [4.78, 5) is 15.8. The lowest BCUT2D eigenvalue weighted by Gasteiger charge is -2.23. The fourth-order valence-electron chi connectivity index (χ4n) is 3.66. The van der Waals surface area contributed by atoms with Crippen LogP contribution in [0.25, 0.3) is 5.57 Å². The molecule has 2 atom stereocenters. The number of carbonyl (C=O) groups excluding carboxylic acids is 1. The summed E-state index contributed by atoms with van der Waals surface area (Å²) in [5.41, 5.74) is 7.81. The topological polar surface area (TPSA) is 67.6 Å². The largest absolute Gasteiger partial charge is 0.375 e. The zero-order valence-electron chi connectivity index (χ0n) is 21.6. The molecule has 34 heavy (non-hydrogen) atoms. The van der Waals surface area contributed by atoms with Gasteiger partial charge in [0.25, 0.3) is 0 Å². The number of hydrogen-bond donors (Lipinski definition) is 2. The van der Waals surface area contributed by atoms with E-state index in [9.17, 15) is 4.79 Å². The van der Waals surface area contributed by atoms with Crippen molar-refractivity contribution in [2.75, 3.05) is 32.8 Å². The summed E-state index contributed by atoms with van der Waals surface area (Å²) in [5, 5.41) is 0. The van der Waals surface area contributed by atoms with E-state index in [1.807, 2.05) is 37.0 Å². The first-order chi connectivity index (χ1) is 16.4. The van der Waals surface area contributed by atoms with Crippen LogP contribution in [0.1, 0.15) is 58.9 Å². The Bertz CT molecular complexity index is 779. The molecular formula is C28H45N3O2S. The quantitative estimate of drug-likeness (QED) is 0.201. The third-order valence-corrected chi connectivity index (χ3v) is 6.26. The molecule has 6 heteroatoms. The molecular weight excluding hydrogens is 442 g/mol. The van der Waals surface area contributed by atoms with Crippen LogP contribution in [-0.4, -0.2) is 49.7 Å². The first-order valence-electron chi connectivity index (χ1n) is 12.6. The minimum absolute atomic E-state index is 0.0541. The van der Waals surface area contributed by atoms with Gasteiger partial charge < -0.3 is 15.4 Å². The lowest BCUT2D eigenvalue weighted by Crippen LogP contribution is -2.37. The fourth-order valence-corrected chi connectivity index (χ4v) is 4.35. The van der Waals surface area contributed by atoms with Crippen molar-refractivity contribution < 1.29 is 9.53 Å². The molecule has 5 nitrogen and oxygen atoms in total. The molecule has 1 aromatic carbocycles. The predicted octanol–water partition coefficient (Wildman–Crippen LogP) is 5.84. The highest BCUT2D eigenvalue weighted by Crippen LogP contribution is 2.23. The third kappa shape index (κ3) is 12.6. The van der Waals surface area contributed by atoms with Crippen LogP contribution in [0.2, 0.25) is 0 Å². The average molecular weight is 488 g/mol. The van der Waals surface area contributed by atoms with Gasteiger partial charge in [-0.25, -0.2) is 0 Å². The summed E-state index contributed by atoms with van der Waals surface area (Å²) in [6.45, 7) is 15.6. The number of rotatable bonds is 18. The second-order valence-corrected chi connectivity index (χ2v) is 9.50. The van der Waals surface area contributed by atoms with Gasteiger partial charge >= 0.3 is 0 Å². The van der Waals surface area contributed by atoms with E-state index < -0.39 is 0 Å². The van der Waals surface area contributed by atoms with E-state index in [0.717, 1.165) is 61.3 Å². The van der Waals surface area contributed by atoms with Crippen molar-refractivity contribution in [2.45, 2.75) is 64.4 Å². The Labute approximate surface area is 212 Å². The number of nitrogens with one attached hydrogen (secondary N) is 1. The van der Waals surface area contributed by atoms with Gasteiger partial charge in [0.15, 0.2) is 0 Å². The lowest BCUT2D eigenvalue weighted by molar-refractivity contribution is -0.130. The molecule has 0 saturated heterocycles. The van der Waals surface area contributed by atoms with E-state index >= 15 is 0 Å². The van der Waals surface area contributed by atoms with Gasteiger partial charge in [0.05, 0.1) is 12.6 Å². The average Bonchev–Trinajstić information content (AvgIpc) is 2.81. The maximum absolute atomic E-state index is 12.8. The summed E-state index contributed by atoms with van der Waals surface area (Å²) >= 11 is 1.49. The van der Waals surface area contributed by atoms with Crippen molar-refractivity contribution in [3.05, 3.63) is 60.7 Å². The summed E-state index contributed by atoms with van der Waals surface area (Å²) < 4.78 is 8.85. The molecule has 1 rings (SSSR count). The zero-order valence-corrected chi connectivity index (χ0v) is 22.4. The van der Waals surface area contributed by atoms with Crippen molar-refractivity contribution in [3.8, 4) is 0 Å². The summed E-state index contributed by atoms with van der Waals surface area (Å²) in [5.74, 6) is 0.763. The first-order valence-corrected chi connectivity index (χ1v) is 13.4. The molecule has 1 aromatic rings. The van der Waals surface area contributed by atoms with Gasteiger partial charge in [0.1, 0.15) is 0 Å². The number of amides is 1. The summed E-state index contributed by atoms with van der Waals surface area (Å²) in [6, 6.07) is 8.28. The highest BCUT2D eigenvalue weighted by molar-refractivity contribution is 7.97. The Hall–Kier alpha value is -1.86. The second-order valence-electron chi connectivity index (χ2n) is 8.53. The number of allylic oxidation sites excluding steroid dienone is 4. The van der Waals surface area contributed by atoms with E-state index in [4.69, 9.17) is 10.5 Å². The molecule has 0 saturated carbocycles. The van der Waals surface area contributed by atoms with Crippen molar-refractivity contribution in [3.63, 3.8) is 0 Å². The van der Waals surface area contributed by atoms with E-state index in [-0.39, 0.29) is 12.0 Å². The Kier molecular flexibility index (Phi) is 16.4. The van der Waals surface area contributed by atoms with Gasteiger partial charge in [0, 0.05) is 24.6 Å². The van der Waals surface area contributed by atoms with E-state index in [0.29, 0.717) is 19.1 Å². The monoisotopic (exact) mass is 487 g/mol. The van der Waals surface area contributed by atoms with Crippen LogP contribution in [0, 0.1) is 5.92 Å². The molecule has 2 unspecified atom stereocenters. The maximum Gasteiger partial charge on any atom is 0.237 e. The first kappa shape index (κ1) is 30.2. The molecule has 0 spiro atoms. The highest BCUT2D eigenvalue weighted by atomic mass is 32.2. The predicted molar refractivity (Wildman–Crippen MR) is 148 cm³/mol. The van der Waals surface area contributed by atoms with Crippen LogP contribution in [0.5, 0.6) is 0 Å². The number of carbonyl (C=O) groups is 1. The van der Waals surface area contributed by atoms with Crippen molar-refractivity contribution >= 4 is 23.4 Å². The molecule has 0 aliphatic heterocycles. The van der Waals surface area contributed by atoms with E-state index in [1.54, 1.807) is 6.08 Å². The normalized spacial score (nSPS) is 13.7. The van der Waals surface area contributed by atoms with Gasteiger partial charge in [-0.3, -0.25) is 9.52 Å². The lowest BCUT2D eigenvalue weighted by atomic mass is 10.0. The standard InChI is InChI=1S/C28H45N3O2S/c1-6-11-25(16-15-24(5)33-8-3)26-13-9-14-27(21-26)34-30-22-28(32)31(19-7-2)20-10-12-23(4)17-18-29/h6,9,11,13-16,21,23-24,30H,1,7-8,10,12,17-20,22,29H2,2-5H3/b16-15-,25-11+. The molecule has 0 aromatic heterocycles. The molecule has 0 aliphatic carbocycles. The zero-order chi connectivity index (χ0) is 25.2. The van der Waals surface area contributed by atoms with Crippen LogP contribution in [0.15, 0.2) is 60.0 Å². The number of benzene rings is 1. The fraction of sp³-hybridized carbons (Fsp3) is 0.536. The molecule has 190 valence electrons. The van der Waals surface area contributed by atoms with Crippen LogP contribution < -0.4 is 10.5 Å². The summed E-state index contributed by atoms with van der Waals surface area (Å²) in [7, 11) is 0. The Balaban J connectivity index is 2.66. The Morgan fingerprint density at radius 3 is 2.74 bits per heavy atom. The molecule has 0 radical (unpaired) electrons. The van der Waals surface area contributed by atoms with Crippen LogP contribution >= 0.6 is 11.9 Å². The molecule has 0 fully saturated rings. The van der Waals surface area contributed by atoms with Crippen LogP contribution in [0.3, 0.4) is 0 Å². The third-order valence-electron chi connectivity index (χ3n) is 5.49. The van der Waals surface area contributed by atoms with Gasteiger partial charge in [-0.1, -0.05) is 56.9 Å². The van der Waals surface area contributed by atoms with Crippen molar-refractivity contribution in [1.82, 2.24) is 9.62 Å². The highest BCUT2D eigenvalue weighted by Gasteiger charge is 2.13. The van der Waals surface area contributed by atoms with Gasteiger partial charge in [-0.15, -0.1) is 0 Å². The molecule has 3 N–H and O–H groups in total. The molecule has 1 amide bonds.